The molecule has 0 amide bonds. The predicted octanol–water partition coefficient (Wildman–Crippen LogP) is 14.4. The Hall–Kier alpha value is -3.98. The third-order valence-corrected chi connectivity index (χ3v) is 9.55. The molecule has 6 nitrogen and oxygen atoms in total. The molecule has 0 saturated carbocycles. The van der Waals surface area contributed by atoms with Gasteiger partial charge in [0.15, 0.2) is 0 Å². The summed E-state index contributed by atoms with van der Waals surface area (Å²) in [4.78, 5) is 11.4. The molecule has 2 radical (unpaired) electrons. The molecule has 0 spiro atoms. The summed E-state index contributed by atoms with van der Waals surface area (Å²) in [6.45, 7) is 17.9. The molecular weight excluding hydrogens is 854 g/mol. The summed E-state index contributed by atoms with van der Waals surface area (Å²) in [5, 5.41) is 23.2. The van der Waals surface area contributed by atoms with Crippen molar-refractivity contribution in [1.82, 2.24) is 0 Å². The number of nitro benzene ring substituents is 1. The average molecular weight is 913 g/mol. The van der Waals surface area contributed by atoms with Gasteiger partial charge in [0.1, 0.15) is 5.69 Å². The van der Waals surface area contributed by atoms with E-state index in [9.17, 15) is 10.1 Å². The molecule has 6 rings (SSSR count). The molecule has 0 unspecified atom stereocenters. The van der Waals surface area contributed by atoms with Gasteiger partial charge in [-0.05, 0) is 94.5 Å². The number of nitrogen functional groups attached to an aromatic ring is 1. The van der Waals surface area contributed by atoms with Gasteiger partial charge < -0.3 is 16.4 Å². The fourth-order valence-electron chi connectivity index (χ4n) is 7.29. The Morgan fingerprint density at radius 2 is 0.877 bits per heavy atom. The van der Waals surface area contributed by atoms with E-state index in [0.29, 0.717) is 29.4 Å². The summed E-state index contributed by atoms with van der Waals surface area (Å²) in [7, 11) is 9.87. The van der Waals surface area contributed by atoms with Crippen LogP contribution in [0.2, 0.25) is 0 Å². The zero-order valence-electron chi connectivity index (χ0n) is 34.6. The van der Waals surface area contributed by atoms with Crippen molar-refractivity contribution in [2.45, 2.75) is 81.1 Å². The van der Waals surface area contributed by atoms with Crippen LogP contribution in [0.3, 0.4) is 0 Å². The molecule has 57 heavy (non-hydrogen) atoms. The quantitative estimate of drug-likeness (QED) is 0.0464. The number of hydrogen-bond acceptors (Lipinski definition) is 5. The van der Waals surface area contributed by atoms with E-state index in [0.717, 1.165) is 53.5 Å². The molecule has 0 heterocycles. The fraction of sp³-hybridized carbons (Fsp3) is 0.333. The SMILES string of the molecule is CC(C)Cc1cccc(CC(C)C)c1Nc1c(N)ccc2ccccc12.CC(C)Cc1cccc(CC(C)C)c1Nc1c([N+](=O)[O-])ccc2ccccc12.[Cl][Sn][Cl]. The summed E-state index contributed by atoms with van der Waals surface area (Å²) in [6, 6.07) is 36.7. The summed E-state index contributed by atoms with van der Waals surface area (Å²) in [5.74, 6) is 2.21. The van der Waals surface area contributed by atoms with E-state index in [1.54, 1.807) is 6.07 Å². The van der Waals surface area contributed by atoms with E-state index >= 15 is 0 Å². The monoisotopic (exact) mass is 912 g/mol. The third kappa shape index (κ3) is 13.0. The van der Waals surface area contributed by atoms with E-state index in [1.165, 1.54) is 38.7 Å². The van der Waals surface area contributed by atoms with Gasteiger partial charge in [-0.15, -0.1) is 0 Å². The first-order valence-electron chi connectivity index (χ1n) is 19.9. The number of rotatable bonds is 13. The second-order valence-corrected chi connectivity index (χ2v) is 20.5. The number of nitro groups is 1. The Morgan fingerprint density at radius 3 is 1.26 bits per heavy atom. The zero-order valence-corrected chi connectivity index (χ0v) is 39.0. The number of anilines is 5. The van der Waals surface area contributed by atoms with E-state index in [1.807, 2.05) is 36.4 Å². The van der Waals surface area contributed by atoms with E-state index in [4.69, 9.17) is 23.6 Å². The van der Waals surface area contributed by atoms with Crippen LogP contribution in [0, 0.1) is 33.8 Å². The molecular formula is C48H58Cl2N4O2Sn. The first-order chi connectivity index (χ1) is 27.2. The van der Waals surface area contributed by atoms with Crippen molar-refractivity contribution < 1.29 is 4.92 Å². The van der Waals surface area contributed by atoms with E-state index < -0.39 is 18.9 Å². The summed E-state index contributed by atoms with van der Waals surface area (Å²) >= 11 is -0.826. The first-order valence-corrected chi connectivity index (χ1v) is 27.1. The minimum atomic E-state index is -0.826. The van der Waals surface area contributed by atoms with Crippen LogP contribution < -0.4 is 16.4 Å². The molecule has 0 saturated heterocycles. The maximum atomic E-state index is 11.7. The Morgan fingerprint density at radius 1 is 0.526 bits per heavy atom. The molecule has 0 bridgehead atoms. The van der Waals surface area contributed by atoms with E-state index in [-0.39, 0.29) is 10.6 Å². The van der Waals surface area contributed by atoms with Gasteiger partial charge in [-0.2, -0.15) is 0 Å². The number of nitrogens with one attached hydrogen (secondary N) is 2. The minimum absolute atomic E-state index is 0.105. The maximum absolute atomic E-state index is 11.7. The van der Waals surface area contributed by atoms with Crippen LogP contribution in [0.1, 0.15) is 77.6 Å². The first kappa shape index (κ1) is 45.7. The van der Waals surface area contributed by atoms with Crippen LogP contribution in [-0.4, -0.2) is 23.8 Å². The number of hydrogen-bond donors (Lipinski definition) is 3. The van der Waals surface area contributed by atoms with Gasteiger partial charge in [-0.1, -0.05) is 146 Å². The molecule has 0 aliphatic carbocycles. The van der Waals surface area contributed by atoms with E-state index in [2.05, 4.69) is 133 Å². The zero-order chi connectivity index (χ0) is 41.6. The van der Waals surface area contributed by atoms with Crippen LogP contribution in [0.25, 0.3) is 21.5 Å². The Kier molecular flexibility index (Phi) is 17.8. The van der Waals surface area contributed by atoms with Gasteiger partial charge in [0.25, 0.3) is 5.69 Å². The molecule has 300 valence electrons. The van der Waals surface area contributed by atoms with Crippen LogP contribution in [0.4, 0.5) is 34.1 Å². The Bertz CT molecular complexity index is 2180. The predicted molar refractivity (Wildman–Crippen MR) is 250 cm³/mol. The van der Waals surface area contributed by atoms with Crippen molar-refractivity contribution in [1.29, 1.82) is 0 Å². The van der Waals surface area contributed by atoms with Gasteiger partial charge in [-0.25, -0.2) is 0 Å². The third-order valence-electron chi connectivity index (χ3n) is 9.55. The summed E-state index contributed by atoms with van der Waals surface area (Å²) in [6.07, 6.45) is 3.96. The van der Waals surface area contributed by atoms with Crippen LogP contribution >= 0.6 is 17.8 Å². The standard InChI is InChI=1S/C24H28N2O2.C24H30N2.2ClH.Sn/c1-16(2)14-19-9-7-10-20(15-17(3)4)23(19)25-24-21-11-6-5-8-18(21)12-13-22(24)26(27)28;1-16(2)14-19-9-7-10-20(15-17(3)4)23(19)26-24-21-11-6-5-8-18(21)12-13-22(24)25;;;/h5-13,16-17,25H,14-15H2,1-4H3;5-13,16-17,26H,14-15,25H2,1-4H3;2*1H;/q;;;;+2/p-2. The van der Waals surface area contributed by atoms with Crippen molar-refractivity contribution >= 4 is 92.4 Å². The Balaban J connectivity index is 0.000000237. The van der Waals surface area contributed by atoms with Crippen molar-refractivity contribution in [3.8, 4) is 0 Å². The second-order valence-electron chi connectivity index (χ2n) is 16.3. The number of fused-ring (bicyclic) bond motifs is 2. The molecule has 4 N–H and O–H groups in total. The number of para-hydroxylation sites is 2. The normalized spacial score (nSPS) is 11.1. The van der Waals surface area contributed by atoms with Crippen LogP contribution in [0.15, 0.2) is 109 Å². The fourth-order valence-corrected chi connectivity index (χ4v) is 7.29. The van der Waals surface area contributed by atoms with Gasteiger partial charge in [0.2, 0.25) is 0 Å². The average Bonchev–Trinajstić information content (AvgIpc) is 3.14. The van der Waals surface area contributed by atoms with Crippen molar-refractivity contribution in [2.24, 2.45) is 23.7 Å². The summed E-state index contributed by atoms with van der Waals surface area (Å²) in [5.41, 5.74) is 16.3. The molecule has 0 aliphatic heterocycles. The summed E-state index contributed by atoms with van der Waals surface area (Å²) < 4.78 is 0. The van der Waals surface area contributed by atoms with Crippen molar-refractivity contribution in [2.75, 3.05) is 16.4 Å². The molecule has 0 aromatic heterocycles. The van der Waals surface area contributed by atoms with Gasteiger partial charge in [0, 0.05) is 28.2 Å². The van der Waals surface area contributed by atoms with Gasteiger partial charge in [-0.3, -0.25) is 10.1 Å². The topological polar surface area (TPSA) is 93.2 Å². The van der Waals surface area contributed by atoms with Gasteiger partial charge >= 0.3 is 36.7 Å². The molecule has 6 aromatic carbocycles. The Labute approximate surface area is 357 Å². The molecule has 0 fully saturated rings. The molecule has 6 aromatic rings. The number of benzene rings is 6. The number of nitrogens with two attached hydrogens (primary N) is 1. The number of nitrogens with zero attached hydrogens (tertiary/aromatic N) is 1. The van der Waals surface area contributed by atoms with Gasteiger partial charge in [0.05, 0.1) is 16.3 Å². The molecule has 0 aliphatic rings. The second kappa shape index (κ2) is 22.2. The van der Waals surface area contributed by atoms with Crippen molar-refractivity contribution in [3.05, 3.63) is 142 Å². The molecule has 0 atom stereocenters. The van der Waals surface area contributed by atoms with Crippen molar-refractivity contribution in [3.63, 3.8) is 0 Å². The molecule has 9 heteroatoms. The number of halogens is 2. The van der Waals surface area contributed by atoms with Crippen LogP contribution in [-0.2, 0) is 25.7 Å². The van der Waals surface area contributed by atoms with Crippen LogP contribution in [0.5, 0.6) is 0 Å².